The van der Waals surface area contributed by atoms with Crippen LogP contribution in [0.25, 0.3) is 0 Å². The molecule has 1 heterocycles. The number of phenols is 2. The normalized spacial score (nSPS) is 16.9. The first-order valence-electron chi connectivity index (χ1n) is 13.1. The Morgan fingerprint density at radius 2 is 1.48 bits per heavy atom. The van der Waals surface area contributed by atoms with Crippen molar-refractivity contribution in [3.05, 3.63) is 114 Å². The summed E-state index contributed by atoms with van der Waals surface area (Å²) in [4.78, 5) is 58.4. The molecular weight excluding hydrogens is 602 g/mol. The van der Waals surface area contributed by atoms with Gasteiger partial charge in [-0.25, -0.2) is 14.4 Å². The number of benzene rings is 2. The summed E-state index contributed by atoms with van der Waals surface area (Å²) in [6, 6.07) is 7.20. The third-order valence-electron chi connectivity index (χ3n) is 6.08. The number of aliphatic imine (C=N–C) groups is 1. The number of carbonyl (C=O) groups excluding carboxylic acids is 2. The molecule has 0 aromatic heterocycles. The molecule has 2 aromatic rings. The maximum absolute atomic E-state index is 11.4. The van der Waals surface area contributed by atoms with E-state index in [-0.39, 0.29) is 57.6 Å². The van der Waals surface area contributed by atoms with Crippen LogP contribution in [0.1, 0.15) is 33.2 Å². The SMILES string of the molecule is C=C.CC(=O)Cc1cc(C(=O)O)ccc1O.NC1=CC2=NC3C=C(C(=O)O)C=CC3OC2=CC1=O.Nc1cc(C(=O)O)ccc1O. The van der Waals surface area contributed by atoms with Crippen molar-refractivity contribution in [3.63, 3.8) is 0 Å². The Labute approximate surface area is 262 Å². The van der Waals surface area contributed by atoms with Crippen molar-refractivity contribution in [2.45, 2.75) is 25.5 Å². The van der Waals surface area contributed by atoms with Gasteiger partial charge in [-0.2, -0.15) is 0 Å². The maximum atomic E-state index is 11.4. The van der Waals surface area contributed by atoms with Crippen molar-refractivity contribution in [2.24, 2.45) is 10.7 Å². The van der Waals surface area contributed by atoms with Crippen LogP contribution in [0.2, 0.25) is 0 Å². The molecule has 9 N–H and O–H groups in total. The number of ketones is 2. The molecular formula is C32H31N3O11. The first kappa shape index (κ1) is 35.8. The molecule has 2 aromatic carbocycles. The number of nitrogens with zero attached hydrogens (tertiary/aromatic N) is 1. The Balaban J connectivity index is 0.000000243. The predicted molar refractivity (Wildman–Crippen MR) is 166 cm³/mol. The summed E-state index contributed by atoms with van der Waals surface area (Å²) in [5, 5.41) is 44.3. The molecule has 46 heavy (non-hydrogen) atoms. The van der Waals surface area contributed by atoms with Gasteiger partial charge in [0, 0.05) is 18.1 Å². The average Bonchev–Trinajstić information content (AvgIpc) is 3.00. The number of anilines is 1. The molecule has 5 rings (SSSR count). The number of phenolic OH excluding ortho intramolecular Hbond substituents is 2. The maximum Gasteiger partial charge on any atom is 0.335 e. The fourth-order valence-electron chi connectivity index (χ4n) is 3.89. The van der Waals surface area contributed by atoms with Gasteiger partial charge in [-0.1, -0.05) is 0 Å². The number of aromatic carboxylic acids is 2. The number of Topliss-reactive ketones (excluding diaryl/α,β-unsaturated/α-hetero) is 1. The molecule has 0 saturated carbocycles. The van der Waals surface area contributed by atoms with E-state index in [1.54, 1.807) is 6.08 Å². The lowest BCUT2D eigenvalue weighted by Crippen LogP contribution is -2.35. The molecule has 0 fully saturated rings. The van der Waals surface area contributed by atoms with E-state index >= 15 is 0 Å². The van der Waals surface area contributed by atoms with Crippen LogP contribution in [-0.4, -0.2) is 72.9 Å². The number of nitrogen functional groups attached to an aromatic ring is 1. The molecule has 2 unspecified atom stereocenters. The minimum absolute atomic E-state index is 0.0486. The van der Waals surface area contributed by atoms with E-state index in [0.29, 0.717) is 17.0 Å². The zero-order chi connectivity index (χ0) is 34.7. The Morgan fingerprint density at radius 3 is 2.02 bits per heavy atom. The summed E-state index contributed by atoms with van der Waals surface area (Å²) < 4.78 is 5.63. The van der Waals surface area contributed by atoms with Gasteiger partial charge in [0.15, 0.2) is 0 Å². The van der Waals surface area contributed by atoms with E-state index in [1.165, 1.54) is 67.6 Å². The van der Waals surface area contributed by atoms with Crippen molar-refractivity contribution in [2.75, 3.05) is 5.73 Å². The van der Waals surface area contributed by atoms with Crippen molar-refractivity contribution in [3.8, 4) is 11.5 Å². The van der Waals surface area contributed by atoms with E-state index in [1.807, 2.05) is 0 Å². The number of ether oxygens (including phenoxy) is 1. The third-order valence-corrected chi connectivity index (χ3v) is 6.08. The topological polar surface area (TPSA) is 260 Å². The average molecular weight is 634 g/mol. The second-order valence-electron chi connectivity index (χ2n) is 9.45. The first-order chi connectivity index (χ1) is 21.7. The summed E-state index contributed by atoms with van der Waals surface area (Å²) in [5.41, 5.74) is 12.1. The molecule has 3 aliphatic rings. The van der Waals surface area contributed by atoms with Crippen LogP contribution in [0.15, 0.2) is 102 Å². The van der Waals surface area contributed by atoms with Gasteiger partial charge >= 0.3 is 17.9 Å². The van der Waals surface area contributed by atoms with Crippen molar-refractivity contribution in [1.29, 1.82) is 0 Å². The summed E-state index contributed by atoms with van der Waals surface area (Å²) in [7, 11) is 0. The molecule has 0 radical (unpaired) electrons. The highest BCUT2D eigenvalue weighted by molar-refractivity contribution is 6.21. The monoisotopic (exact) mass is 633 g/mol. The first-order valence-corrected chi connectivity index (χ1v) is 13.1. The summed E-state index contributed by atoms with van der Waals surface area (Å²) >= 11 is 0. The predicted octanol–water partition coefficient (Wildman–Crippen LogP) is 2.78. The van der Waals surface area contributed by atoms with Gasteiger partial charge in [0.25, 0.3) is 0 Å². The zero-order valence-electron chi connectivity index (χ0n) is 24.4. The van der Waals surface area contributed by atoms with Crippen molar-refractivity contribution in [1.82, 2.24) is 0 Å². The third kappa shape index (κ3) is 9.54. The molecule has 0 bridgehead atoms. The quantitative estimate of drug-likeness (QED) is 0.108. The number of carbonyl (C=O) groups is 5. The number of hydrogen-bond donors (Lipinski definition) is 7. The molecule has 2 atom stereocenters. The van der Waals surface area contributed by atoms with Gasteiger partial charge in [-0.05, 0) is 67.6 Å². The van der Waals surface area contributed by atoms with E-state index in [4.69, 9.17) is 36.6 Å². The van der Waals surface area contributed by atoms with E-state index in [2.05, 4.69) is 18.2 Å². The van der Waals surface area contributed by atoms with Crippen LogP contribution < -0.4 is 11.5 Å². The highest BCUT2D eigenvalue weighted by Crippen LogP contribution is 2.27. The highest BCUT2D eigenvalue weighted by atomic mass is 16.5. The van der Waals surface area contributed by atoms with Gasteiger partial charge < -0.3 is 41.7 Å². The molecule has 1 aliphatic heterocycles. The summed E-state index contributed by atoms with van der Waals surface area (Å²) in [5.74, 6) is -3.36. The molecule has 240 valence electrons. The van der Waals surface area contributed by atoms with Crippen LogP contribution in [-0.2, 0) is 25.5 Å². The standard InChI is InChI=1S/C13H10N2O4.C10H10O4.C7H7NO3.C2H4/c14-7-4-9-12(5-10(7)16)19-11-2-1-6(13(17)18)3-8(11)15-9;1-6(11)4-8-5-7(10(13)14)2-3-9(8)12;8-5-3-4(7(10)11)1-2-6(5)9;1-2/h1-5,8,11H,14H2,(H,17,18);2-3,5,12H,4H2,1H3,(H,13,14);1-3,9H,8H2,(H,10,11);1-2H2. The molecule has 0 amide bonds. The fraction of sp³-hybridized carbons (Fsp3) is 0.125. The van der Waals surface area contributed by atoms with Gasteiger partial charge in [-0.15, -0.1) is 13.2 Å². The van der Waals surface area contributed by atoms with E-state index in [9.17, 15) is 29.1 Å². The van der Waals surface area contributed by atoms with Gasteiger partial charge in [-0.3, -0.25) is 14.6 Å². The van der Waals surface area contributed by atoms with Crippen LogP contribution in [0.3, 0.4) is 0 Å². The van der Waals surface area contributed by atoms with Crippen LogP contribution in [0, 0.1) is 0 Å². The molecule has 0 saturated heterocycles. The number of nitrogens with two attached hydrogens (primary N) is 2. The van der Waals surface area contributed by atoms with Crippen molar-refractivity contribution < 1.29 is 54.2 Å². The molecule has 14 nitrogen and oxygen atoms in total. The lowest BCUT2D eigenvalue weighted by atomic mass is 9.97. The second kappa shape index (κ2) is 15.9. The minimum Gasteiger partial charge on any atom is -0.508 e. The summed E-state index contributed by atoms with van der Waals surface area (Å²) in [6.07, 6.45) is 7.03. The number of carboxylic acid groups (broad SMARTS) is 3. The van der Waals surface area contributed by atoms with Crippen LogP contribution >= 0.6 is 0 Å². The van der Waals surface area contributed by atoms with E-state index < -0.39 is 30.1 Å². The molecule has 0 spiro atoms. The summed E-state index contributed by atoms with van der Waals surface area (Å²) in [6.45, 7) is 7.38. The lowest BCUT2D eigenvalue weighted by Gasteiger charge is -2.30. The van der Waals surface area contributed by atoms with Crippen molar-refractivity contribution >= 4 is 40.9 Å². The molecule has 14 heteroatoms. The number of rotatable bonds is 5. The Morgan fingerprint density at radius 1 is 0.891 bits per heavy atom. The molecule has 2 aliphatic carbocycles. The number of carboxylic acids is 3. The van der Waals surface area contributed by atoms with Crippen LogP contribution in [0.4, 0.5) is 5.69 Å². The number of hydrogen-bond acceptors (Lipinski definition) is 11. The highest BCUT2D eigenvalue weighted by Gasteiger charge is 2.32. The number of aliphatic carboxylic acids is 1. The Kier molecular flexibility index (Phi) is 12.3. The largest absolute Gasteiger partial charge is 0.508 e. The lowest BCUT2D eigenvalue weighted by molar-refractivity contribution is -0.132. The van der Waals surface area contributed by atoms with Crippen LogP contribution in [0.5, 0.6) is 11.5 Å². The fourth-order valence-corrected chi connectivity index (χ4v) is 3.89. The number of allylic oxidation sites excluding steroid dienone is 2. The Hall–Kier alpha value is -6.44. The minimum atomic E-state index is -1.07. The van der Waals surface area contributed by atoms with Gasteiger partial charge in [0.1, 0.15) is 40.9 Å². The zero-order valence-corrected chi connectivity index (χ0v) is 24.4. The Bertz CT molecular complexity index is 1720. The number of fused-ring (bicyclic) bond motifs is 2. The van der Waals surface area contributed by atoms with Gasteiger partial charge in [0.2, 0.25) is 5.78 Å². The second-order valence-corrected chi connectivity index (χ2v) is 9.45. The van der Waals surface area contributed by atoms with E-state index in [0.717, 1.165) is 0 Å². The smallest absolute Gasteiger partial charge is 0.335 e. The van der Waals surface area contributed by atoms with Gasteiger partial charge in [0.05, 0.1) is 28.1 Å². The number of aromatic hydroxyl groups is 2.